The number of anilines is 1. The number of quaternary nitrogens is 1. The van der Waals surface area contributed by atoms with Gasteiger partial charge in [0.2, 0.25) is 5.95 Å². The number of halogens is 1. The fraction of sp³-hybridized carbons (Fsp3) is 0.182. The zero-order valence-electron chi connectivity index (χ0n) is 9.68. The van der Waals surface area contributed by atoms with Crippen LogP contribution in [0.5, 0.6) is 0 Å². The SMILES string of the molecule is C[NH2+]CC(=O)Nc1nc(-c2cccc(F)n2)cs1. The zero-order valence-corrected chi connectivity index (χ0v) is 10.5. The van der Waals surface area contributed by atoms with E-state index in [9.17, 15) is 9.18 Å². The van der Waals surface area contributed by atoms with Crippen LogP contribution in [0.15, 0.2) is 23.6 Å². The Balaban J connectivity index is 2.13. The zero-order chi connectivity index (χ0) is 13.0. The Morgan fingerprint density at radius 1 is 1.44 bits per heavy atom. The van der Waals surface area contributed by atoms with E-state index in [4.69, 9.17) is 0 Å². The molecule has 2 aromatic heterocycles. The summed E-state index contributed by atoms with van der Waals surface area (Å²) in [6.45, 7) is 0.340. The van der Waals surface area contributed by atoms with E-state index in [0.29, 0.717) is 23.1 Å². The highest BCUT2D eigenvalue weighted by atomic mass is 32.1. The van der Waals surface area contributed by atoms with Gasteiger partial charge >= 0.3 is 0 Å². The first-order valence-corrected chi connectivity index (χ1v) is 6.23. The van der Waals surface area contributed by atoms with Crippen molar-refractivity contribution < 1.29 is 14.5 Å². The lowest BCUT2D eigenvalue weighted by Crippen LogP contribution is -2.82. The molecular formula is C11H12FN4OS+. The molecule has 0 bridgehead atoms. The number of hydrogen-bond donors (Lipinski definition) is 2. The molecule has 0 aliphatic heterocycles. The lowest BCUT2D eigenvalue weighted by atomic mass is 10.3. The smallest absolute Gasteiger partial charge is 0.281 e. The maximum absolute atomic E-state index is 13.0. The van der Waals surface area contributed by atoms with E-state index in [1.807, 2.05) is 7.05 Å². The molecule has 2 rings (SSSR count). The standard InChI is InChI=1S/C11H11FN4OS/c1-13-5-10(17)16-11-15-8(6-18-11)7-3-2-4-9(12)14-7/h2-4,6,13H,5H2,1H3,(H,15,16,17)/p+1. The molecule has 0 aliphatic rings. The van der Waals surface area contributed by atoms with Gasteiger partial charge in [0.05, 0.1) is 12.7 Å². The van der Waals surface area contributed by atoms with Gasteiger partial charge in [-0.1, -0.05) is 6.07 Å². The number of nitrogens with two attached hydrogens (primary N) is 1. The second-order valence-electron chi connectivity index (χ2n) is 3.54. The Morgan fingerprint density at radius 3 is 3.00 bits per heavy atom. The molecule has 0 fully saturated rings. The number of amides is 1. The minimum atomic E-state index is -0.549. The third kappa shape index (κ3) is 3.08. The van der Waals surface area contributed by atoms with Gasteiger partial charge < -0.3 is 5.32 Å². The van der Waals surface area contributed by atoms with Gasteiger partial charge in [-0.15, -0.1) is 11.3 Å². The molecule has 18 heavy (non-hydrogen) atoms. The highest BCUT2D eigenvalue weighted by molar-refractivity contribution is 7.14. The van der Waals surface area contributed by atoms with E-state index < -0.39 is 5.95 Å². The average molecular weight is 267 g/mol. The van der Waals surface area contributed by atoms with E-state index in [2.05, 4.69) is 15.3 Å². The topological polar surface area (TPSA) is 71.5 Å². The Bertz CT molecular complexity index is 557. The fourth-order valence-corrected chi connectivity index (χ4v) is 2.08. The maximum Gasteiger partial charge on any atom is 0.281 e. The van der Waals surface area contributed by atoms with Gasteiger partial charge in [0, 0.05) is 5.38 Å². The quantitative estimate of drug-likeness (QED) is 0.791. The van der Waals surface area contributed by atoms with Gasteiger partial charge in [0.15, 0.2) is 11.7 Å². The van der Waals surface area contributed by atoms with Crippen LogP contribution in [-0.4, -0.2) is 29.5 Å². The monoisotopic (exact) mass is 267 g/mol. The lowest BCUT2D eigenvalue weighted by Gasteiger charge is -1.98. The third-order valence-electron chi connectivity index (χ3n) is 2.12. The molecule has 0 radical (unpaired) electrons. The molecule has 5 nitrogen and oxygen atoms in total. The molecular weight excluding hydrogens is 255 g/mol. The molecule has 0 spiro atoms. The summed E-state index contributed by atoms with van der Waals surface area (Å²) in [4.78, 5) is 19.3. The number of nitrogens with one attached hydrogen (secondary N) is 1. The highest BCUT2D eigenvalue weighted by Crippen LogP contribution is 2.23. The Morgan fingerprint density at radius 2 is 2.28 bits per heavy atom. The number of hydrogen-bond acceptors (Lipinski definition) is 4. The van der Waals surface area contributed by atoms with E-state index in [-0.39, 0.29) is 5.91 Å². The first-order valence-electron chi connectivity index (χ1n) is 5.35. The van der Waals surface area contributed by atoms with Crippen molar-refractivity contribution in [1.82, 2.24) is 9.97 Å². The first-order chi connectivity index (χ1) is 8.69. The van der Waals surface area contributed by atoms with Crippen LogP contribution < -0.4 is 10.6 Å². The maximum atomic E-state index is 13.0. The second-order valence-corrected chi connectivity index (χ2v) is 4.40. The van der Waals surface area contributed by atoms with Crippen molar-refractivity contribution in [2.75, 3.05) is 18.9 Å². The molecule has 0 aliphatic carbocycles. The van der Waals surface area contributed by atoms with Gasteiger partial charge in [-0.2, -0.15) is 4.39 Å². The van der Waals surface area contributed by atoms with Gasteiger partial charge in [-0.3, -0.25) is 10.1 Å². The van der Waals surface area contributed by atoms with Crippen LogP contribution in [-0.2, 0) is 4.79 Å². The molecule has 7 heteroatoms. The van der Waals surface area contributed by atoms with Crippen LogP contribution in [0.4, 0.5) is 9.52 Å². The van der Waals surface area contributed by atoms with Crippen molar-refractivity contribution in [3.63, 3.8) is 0 Å². The number of carbonyl (C=O) groups excluding carboxylic acids is 1. The predicted octanol–water partition coefficient (Wildman–Crippen LogP) is 0.476. The lowest BCUT2D eigenvalue weighted by molar-refractivity contribution is -0.615. The van der Waals surface area contributed by atoms with Crippen LogP contribution in [0, 0.1) is 5.95 Å². The van der Waals surface area contributed by atoms with Gasteiger partial charge in [-0.25, -0.2) is 9.97 Å². The molecule has 3 N–H and O–H groups in total. The van der Waals surface area contributed by atoms with Crippen LogP contribution in [0.3, 0.4) is 0 Å². The summed E-state index contributed by atoms with van der Waals surface area (Å²) in [6, 6.07) is 4.51. The van der Waals surface area contributed by atoms with Crippen molar-refractivity contribution in [2.45, 2.75) is 0 Å². The molecule has 0 unspecified atom stereocenters. The number of carbonyl (C=O) groups is 1. The Kier molecular flexibility index (Phi) is 3.96. The van der Waals surface area contributed by atoms with Crippen LogP contribution in [0.25, 0.3) is 11.4 Å². The average Bonchev–Trinajstić information content (AvgIpc) is 2.78. The molecule has 2 heterocycles. The number of rotatable bonds is 4. The van der Waals surface area contributed by atoms with Crippen LogP contribution in [0.2, 0.25) is 0 Å². The Hall–Kier alpha value is -1.86. The van der Waals surface area contributed by atoms with E-state index in [1.54, 1.807) is 22.8 Å². The minimum absolute atomic E-state index is 0.120. The van der Waals surface area contributed by atoms with Crippen molar-refractivity contribution in [3.8, 4) is 11.4 Å². The highest BCUT2D eigenvalue weighted by Gasteiger charge is 2.09. The molecule has 0 aromatic carbocycles. The number of pyridine rings is 1. The van der Waals surface area contributed by atoms with E-state index in [1.165, 1.54) is 17.4 Å². The molecule has 94 valence electrons. The number of nitrogens with zero attached hydrogens (tertiary/aromatic N) is 2. The summed E-state index contributed by atoms with van der Waals surface area (Å²) < 4.78 is 13.0. The normalized spacial score (nSPS) is 10.3. The predicted molar refractivity (Wildman–Crippen MR) is 66.6 cm³/mol. The van der Waals surface area contributed by atoms with Crippen molar-refractivity contribution in [2.24, 2.45) is 0 Å². The summed E-state index contributed by atoms with van der Waals surface area (Å²) in [5, 5.41) is 6.64. The summed E-state index contributed by atoms with van der Waals surface area (Å²) in [6.07, 6.45) is 0. The minimum Gasteiger partial charge on any atom is -0.341 e. The van der Waals surface area contributed by atoms with Gasteiger partial charge in [0.25, 0.3) is 5.91 Å². The summed E-state index contributed by atoms with van der Waals surface area (Å²) in [7, 11) is 1.81. The fourth-order valence-electron chi connectivity index (χ4n) is 1.36. The molecule has 0 atom stereocenters. The van der Waals surface area contributed by atoms with E-state index >= 15 is 0 Å². The summed E-state index contributed by atoms with van der Waals surface area (Å²) in [5.74, 6) is -0.669. The number of aromatic nitrogens is 2. The molecule has 0 saturated carbocycles. The molecule has 0 saturated heterocycles. The second kappa shape index (κ2) is 5.65. The van der Waals surface area contributed by atoms with Gasteiger partial charge in [0.1, 0.15) is 5.69 Å². The summed E-state index contributed by atoms with van der Waals surface area (Å²) >= 11 is 1.29. The van der Waals surface area contributed by atoms with E-state index in [0.717, 1.165) is 0 Å². The van der Waals surface area contributed by atoms with Gasteiger partial charge in [-0.05, 0) is 12.1 Å². The summed E-state index contributed by atoms with van der Waals surface area (Å²) in [5.41, 5.74) is 1.00. The van der Waals surface area contributed by atoms with Crippen molar-refractivity contribution >= 4 is 22.4 Å². The van der Waals surface area contributed by atoms with Crippen LogP contribution >= 0.6 is 11.3 Å². The first kappa shape index (κ1) is 12.6. The number of thiazole rings is 1. The largest absolute Gasteiger partial charge is 0.341 e. The molecule has 1 amide bonds. The third-order valence-corrected chi connectivity index (χ3v) is 2.88. The Labute approximate surface area is 107 Å². The van der Waals surface area contributed by atoms with Crippen LogP contribution in [0.1, 0.15) is 0 Å². The molecule has 2 aromatic rings. The van der Waals surface area contributed by atoms with Crippen molar-refractivity contribution in [3.05, 3.63) is 29.5 Å². The van der Waals surface area contributed by atoms with Crippen molar-refractivity contribution in [1.29, 1.82) is 0 Å². The number of likely N-dealkylation sites (N-methyl/N-ethyl adjacent to an activating group) is 1.